The van der Waals surface area contributed by atoms with Crippen LogP contribution in [0.3, 0.4) is 0 Å². The minimum absolute atomic E-state index is 0. The van der Waals surface area contributed by atoms with E-state index in [1.54, 1.807) is 13.2 Å². The van der Waals surface area contributed by atoms with Crippen LogP contribution in [0.1, 0.15) is 17.0 Å². The fraction of sp³-hybridized carbons (Fsp3) is 0.238. The quantitative estimate of drug-likeness (QED) is 0.313. The van der Waals surface area contributed by atoms with E-state index in [2.05, 4.69) is 81.3 Å². The summed E-state index contributed by atoms with van der Waals surface area (Å²) in [6.07, 6.45) is 5.56. The van der Waals surface area contributed by atoms with Gasteiger partial charge in [0.25, 0.3) is 0 Å². The summed E-state index contributed by atoms with van der Waals surface area (Å²) in [6, 6.07) is 21.2. The summed E-state index contributed by atoms with van der Waals surface area (Å²) in [5.74, 6) is 1.08. The standard InChI is InChI=1S/C21H25N5.HI/c1-22-21(24-13-15-26-14-12-23-17-26)25-16-20(18-8-4-2-5-9-18)19-10-6-3-7-11-19;/h2-12,14,17,20H,13,15-16H2,1H3,(H2,22,24,25);1H. The Balaban J connectivity index is 0.00000261. The van der Waals surface area contributed by atoms with E-state index in [-0.39, 0.29) is 29.9 Å². The second-order valence-electron chi connectivity index (χ2n) is 6.05. The van der Waals surface area contributed by atoms with Gasteiger partial charge in [-0.05, 0) is 11.1 Å². The average molecular weight is 475 g/mol. The summed E-state index contributed by atoms with van der Waals surface area (Å²) >= 11 is 0. The normalized spacial score (nSPS) is 11.1. The number of halogens is 1. The summed E-state index contributed by atoms with van der Waals surface area (Å²) in [7, 11) is 1.80. The zero-order chi connectivity index (χ0) is 18.0. The highest BCUT2D eigenvalue weighted by atomic mass is 127. The molecular weight excluding hydrogens is 449 g/mol. The lowest BCUT2D eigenvalue weighted by atomic mass is 9.91. The molecule has 0 aliphatic carbocycles. The van der Waals surface area contributed by atoms with Crippen molar-refractivity contribution in [3.05, 3.63) is 90.5 Å². The number of guanidine groups is 1. The van der Waals surface area contributed by atoms with Crippen molar-refractivity contribution < 1.29 is 0 Å². The number of benzene rings is 2. The topological polar surface area (TPSA) is 54.2 Å². The van der Waals surface area contributed by atoms with Crippen molar-refractivity contribution in [2.45, 2.75) is 12.5 Å². The predicted octanol–water partition coefficient (Wildman–Crippen LogP) is 3.50. The van der Waals surface area contributed by atoms with Crippen molar-refractivity contribution >= 4 is 29.9 Å². The molecule has 6 heteroatoms. The summed E-state index contributed by atoms with van der Waals surface area (Å²) in [5.41, 5.74) is 2.58. The van der Waals surface area contributed by atoms with Crippen LogP contribution in [0.15, 0.2) is 84.4 Å². The molecule has 5 nitrogen and oxygen atoms in total. The van der Waals surface area contributed by atoms with Crippen molar-refractivity contribution in [1.29, 1.82) is 0 Å². The van der Waals surface area contributed by atoms with Crippen LogP contribution in [0, 0.1) is 0 Å². The smallest absolute Gasteiger partial charge is 0.191 e. The summed E-state index contributed by atoms with van der Waals surface area (Å²) < 4.78 is 2.04. The second-order valence-corrected chi connectivity index (χ2v) is 6.05. The van der Waals surface area contributed by atoms with Crippen LogP contribution >= 0.6 is 24.0 Å². The van der Waals surface area contributed by atoms with Crippen LogP contribution in [0.4, 0.5) is 0 Å². The van der Waals surface area contributed by atoms with Crippen LogP contribution in [-0.2, 0) is 6.54 Å². The average Bonchev–Trinajstić information content (AvgIpc) is 3.22. The molecule has 0 aliphatic rings. The van der Waals surface area contributed by atoms with Crippen LogP contribution in [0.5, 0.6) is 0 Å². The van der Waals surface area contributed by atoms with Crippen LogP contribution in [-0.4, -0.2) is 35.6 Å². The van der Waals surface area contributed by atoms with E-state index in [0.717, 1.165) is 25.6 Å². The highest BCUT2D eigenvalue weighted by molar-refractivity contribution is 14.0. The number of hydrogen-bond donors (Lipinski definition) is 2. The van der Waals surface area contributed by atoms with Gasteiger partial charge in [-0.2, -0.15) is 0 Å². The molecule has 0 amide bonds. The minimum atomic E-state index is 0. The van der Waals surface area contributed by atoms with Crippen molar-refractivity contribution in [1.82, 2.24) is 20.2 Å². The van der Waals surface area contributed by atoms with Gasteiger partial charge in [0.05, 0.1) is 6.33 Å². The van der Waals surface area contributed by atoms with Gasteiger partial charge < -0.3 is 15.2 Å². The van der Waals surface area contributed by atoms with Crippen LogP contribution in [0.25, 0.3) is 0 Å². The monoisotopic (exact) mass is 475 g/mol. The van der Waals surface area contributed by atoms with Crippen molar-refractivity contribution in [3.8, 4) is 0 Å². The number of imidazole rings is 1. The Morgan fingerprint density at radius 3 is 2.15 bits per heavy atom. The molecule has 1 heterocycles. The van der Waals surface area contributed by atoms with Gasteiger partial charge in [-0.3, -0.25) is 4.99 Å². The lowest BCUT2D eigenvalue weighted by Crippen LogP contribution is -2.40. The van der Waals surface area contributed by atoms with E-state index >= 15 is 0 Å². The molecule has 3 aromatic rings. The molecule has 0 bridgehead atoms. The van der Waals surface area contributed by atoms with Crippen LogP contribution < -0.4 is 10.6 Å². The van der Waals surface area contributed by atoms with Gasteiger partial charge in [-0.1, -0.05) is 60.7 Å². The maximum atomic E-state index is 4.34. The molecule has 2 N–H and O–H groups in total. The van der Waals surface area contributed by atoms with E-state index in [4.69, 9.17) is 0 Å². The molecule has 0 aliphatic heterocycles. The van der Waals surface area contributed by atoms with Gasteiger partial charge in [0.15, 0.2) is 5.96 Å². The molecule has 0 unspecified atom stereocenters. The van der Waals surface area contributed by atoms with Gasteiger partial charge in [-0.25, -0.2) is 4.98 Å². The van der Waals surface area contributed by atoms with E-state index in [9.17, 15) is 0 Å². The highest BCUT2D eigenvalue weighted by Gasteiger charge is 2.14. The molecule has 0 radical (unpaired) electrons. The number of aromatic nitrogens is 2. The zero-order valence-electron chi connectivity index (χ0n) is 15.5. The molecule has 0 spiro atoms. The first-order valence-electron chi connectivity index (χ1n) is 8.87. The third kappa shape index (κ3) is 6.39. The maximum Gasteiger partial charge on any atom is 0.191 e. The van der Waals surface area contributed by atoms with Crippen molar-refractivity contribution in [3.63, 3.8) is 0 Å². The van der Waals surface area contributed by atoms with E-state index in [1.807, 2.05) is 17.1 Å². The molecule has 0 saturated heterocycles. The Kier molecular flexibility index (Phi) is 8.83. The van der Waals surface area contributed by atoms with Crippen molar-refractivity contribution in [2.75, 3.05) is 20.1 Å². The summed E-state index contributed by atoms with van der Waals surface area (Å²) in [6.45, 7) is 2.41. The van der Waals surface area contributed by atoms with E-state index in [0.29, 0.717) is 0 Å². The SMILES string of the molecule is CN=C(NCCn1ccnc1)NCC(c1ccccc1)c1ccccc1.I. The summed E-state index contributed by atoms with van der Waals surface area (Å²) in [5, 5.41) is 6.82. The van der Waals surface area contributed by atoms with Crippen molar-refractivity contribution in [2.24, 2.45) is 4.99 Å². The van der Waals surface area contributed by atoms with Gasteiger partial charge >= 0.3 is 0 Å². The largest absolute Gasteiger partial charge is 0.355 e. The molecule has 3 rings (SSSR count). The minimum Gasteiger partial charge on any atom is -0.355 e. The number of hydrogen-bond acceptors (Lipinski definition) is 2. The first-order chi connectivity index (χ1) is 12.9. The third-order valence-electron chi connectivity index (χ3n) is 4.32. The molecule has 0 fully saturated rings. The lowest BCUT2D eigenvalue weighted by Gasteiger charge is -2.20. The summed E-state index contributed by atoms with van der Waals surface area (Å²) in [4.78, 5) is 8.39. The molecule has 27 heavy (non-hydrogen) atoms. The first-order valence-corrected chi connectivity index (χ1v) is 8.87. The Hall–Kier alpha value is -2.35. The number of nitrogens with one attached hydrogen (secondary N) is 2. The Morgan fingerprint density at radius 1 is 1.00 bits per heavy atom. The van der Waals surface area contributed by atoms with E-state index in [1.165, 1.54) is 11.1 Å². The van der Waals surface area contributed by atoms with Gasteiger partial charge in [-0.15, -0.1) is 24.0 Å². The van der Waals surface area contributed by atoms with Gasteiger partial charge in [0.1, 0.15) is 0 Å². The molecule has 2 aromatic carbocycles. The number of rotatable bonds is 7. The molecule has 0 atom stereocenters. The Bertz CT molecular complexity index is 748. The second kappa shape index (κ2) is 11.4. The fourth-order valence-corrected chi connectivity index (χ4v) is 2.94. The highest BCUT2D eigenvalue weighted by Crippen LogP contribution is 2.23. The zero-order valence-corrected chi connectivity index (χ0v) is 17.8. The Labute approximate surface area is 178 Å². The predicted molar refractivity (Wildman–Crippen MR) is 122 cm³/mol. The van der Waals surface area contributed by atoms with Gasteiger partial charge in [0, 0.05) is 45.0 Å². The van der Waals surface area contributed by atoms with Crippen LogP contribution in [0.2, 0.25) is 0 Å². The lowest BCUT2D eigenvalue weighted by molar-refractivity contribution is 0.655. The molecule has 1 aromatic heterocycles. The molecule has 0 saturated carbocycles. The maximum absolute atomic E-state index is 4.34. The third-order valence-corrected chi connectivity index (χ3v) is 4.32. The van der Waals surface area contributed by atoms with E-state index < -0.39 is 0 Å². The number of aliphatic imine (C=N–C) groups is 1. The fourth-order valence-electron chi connectivity index (χ4n) is 2.94. The molecule has 142 valence electrons. The Morgan fingerprint density at radius 2 is 1.63 bits per heavy atom. The van der Waals surface area contributed by atoms with Gasteiger partial charge in [0.2, 0.25) is 0 Å². The first kappa shape index (κ1) is 21.0. The number of nitrogens with zero attached hydrogens (tertiary/aromatic N) is 3. The molecular formula is C21H26IN5.